The quantitative estimate of drug-likeness (QED) is 0.700. The highest BCUT2D eigenvalue weighted by Crippen LogP contribution is 2.20. The first-order chi connectivity index (χ1) is 11.7. The number of H-pyrrole nitrogens is 1. The Hall–Kier alpha value is -2.25. The smallest absolute Gasteiger partial charge is 0.256 e. The number of halogens is 1. The number of aromatic nitrogens is 3. The summed E-state index contributed by atoms with van der Waals surface area (Å²) in [4.78, 5) is 26.5. The third-order valence-electron chi connectivity index (χ3n) is 4.06. The van der Waals surface area contributed by atoms with E-state index in [1.807, 2.05) is 18.2 Å². The van der Waals surface area contributed by atoms with Gasteiger partial charge in [0.15, 0.2) is 11.6 Å². The average Bonchev–Trinajstić information content (AvgIpc) is 3.10. The zero-order valence-corrected chi connectivity index (χ0v) is 14.4. The highest BCUT2D eigenvalue weighted by atomic mass is 79.9. The fraction of sp³-hybridized carbons (Fsp3) is 0.235. The maximum Gasteiger partial charge on any atom is 0.256 e. The summed E-state index contributed by atoms with van der Waals surface area (Å²) in [5, 5.41) is 0. The predicted molar refractivity (Wildman–Crippen MR) is 92.3 cm³/mol. The lowest BCUT2D eigenvalue weighted by Crippen LogP contribution is -2.35. The van der Waals surface area contributed by atoms with E-state index >= 15 is 0 Å². The molecule has 0 aromatic carbocycles. The van der Waals surface area contributed by atoms with Crippen LogP contribution >= 0.6 is 15.9 Å². The van der Waals surface area contributed by atoms with Crippen LogP contribution in [-0.4, -0.2) is 26.4 Å². The fourth-order valence-electron chi connectivity index (χ4n) is 2.91. The molecule has 0 spiro atoms. The van der Waals surface area contributed by atoms with E-state index in [0.717, 1.165) is 34.5 Å². The summed E-state index contributed by atoms with van der Waals surface area (Å²) in [7, 11) is 0. The number of hydrogen-bond acceptors (Lipinski definition) is 5. The Morgan fingerprint density at radius 3 is 2.96 bits per heavy atom. The molecule has 1 aliphatic heterocycles. The van der Waals surface area contributed by atoms with E-state index in [4.69, 9.17) is 4.42 Å². The molecule has 1 N–H and O–H groups in total. The monoisotopic (exact) mass is 386 g/mol. The summed E-state index contributed by atoms with van der Waals surface area (Å²) >= 11 is 3.39. The summed E-state index contributed by atoms with van der Waals surface area (Å²) in [6, 6.07) is 9.43. The summed E-state index contributed by atoms with van der Waals surface area (Å²) < 4.78 is 6.14. The van der Waals surface area contributed by atoms with E-state index in [2.05, 4.69) is 35.8 Å². The molecular formula is C17H15BrN4O2. The number of aromatic amines is 1. The number of pyridine rings is 1. The Balaban J connectivity index is 1.58. The van der Waals surface area contributed by atoms with E-state index < -0.39 is 0 Å². The van der Waals surface area contributed by atoms with Crippen molar-refractivity contribution in [3.05, 3.63) is 68.5 Å². The lowest BCUT2D eigenvalue weighted by molar-refractivity contribution is 0.239. The van der Waals surface area contributed by atoms with Crippen molar-refractivity contribution in [2.75, 3.05) is 6.54 Å². The SMILES string of the molecule is O=c1[nH]c(-c2ccco2)nc2c1CN(Cc1cccc(Br)n1)CC2. The largest absolute Gasteiger partial charge is 0.461 e. The van der Waals surface area contributed by atoms with Gasteiger partial charge < -0.3 is 9.40 Å². The highest BCUT2D eigenvalue weighted by Gasteiger charge is 2.22. The molecule has 3 aromatic rings. The van der Waals surface area contributed by atoms with Crippen molar-refractivity contribution in [1.29, 1.82) is 0 Å². The van der Waals surface area contributed by atoms with Crippen molar-refractivity contribution in [2.24, 2.45) is 0 Å². The summed E-state index contributed by atoms with van der Waals surface area (Å²) in [6.45, 7) is 2.12. The van der Waals surface area contributed by atoms with Crippen LogP contribution in [0.25, 0.3) is 11.6 Å². The van der Waals surface area contributed by atoms with Crippen molar-refractivity contribution in [2.45, 2.75) is 19.5 Å². The van der Waals surface area contributed by atoms with Crippen LogP contribution in [0.2, 0.25) is 0 Å². The molecule has 0 fully saturated rings. The van der Waals surface area contributed by atoms with Gasteiger partial charge in [0.25, 0.3) is 5.56 Å². The van der Waals surface area contributed by atoms with Crippen molar-refractivity contribution in [3.8, 4) is 11.6 Å². The molecule has 0 aliphatic carbocycles. The second-order valence-corrected chi connectivity index (χ2v) is 6.54. The molecule has 3 aromatic heterocycles. The van der Waals surface area contributed by atoms with Crippen LogP contribution in [0.3, 0.4) is 0 Å². The molecule has 7 heteroatoms. The van der Waals surface area contributed by atoms with Gasteiger partial charge in [0.05, 0.1) is 23.2 Å². The number of fused-ring (bicyclic) bond motifs is 1. The van der Waals surface area contributed by atoms with E-state index in [1.54, 1.807) is 18.4 Å². The number of rotatable bonds is 3. The average molecular weight is 387 g/mol. The number of hydrogen-bond donors (Lipinski definition) is 1. The normalized spacial score (nSPS) is 14.5. The van der Waals surface area contributed by atoms with E-state index in [1.165, 1.54) is 0 Å². The Morgan fingerprint density at radius 1 is 1.25 bits per heavy atom. The van der Waals surface area contributed by atoms with Crippen LogP contribution in [0.15, 0.2) is 50.4 Å². The van der Waals surface area contributed by atoms with Crippen LogP contribution in [0.1, 0.15) is 17.0 Å². The molecule has 0 radical (unpaired) electrons. The van der Waals surface area contributed by atoms with Gasteiger partial charge in [-0.3, -0.25) is 9.69 Å². The van der Waals surface area contributed by atoms with Crippen LogP contribution in [-0.2, 0) is 19.5 Å². The first-order valence-corrected chi connectivity index (χ1v) is 8.48. The lowest BCUT2D eigenvalue weighted by Gasteiger charge is -2.27. The lowest BCUT2D eigenvalue weighted by atomic mass is 10.1. The molecule has 1 aliphatic rings. The van der Waals surface area contributed by atoms with Gasteiger partial charge in [0.2, 0.25) is 0 Å². The minimum atomic E-state index is -0.0988. The molecule has 24 heavy (non-hydrogen) atoms. The number of nitrogens with one attached hydrogen (secondary N) is 1. The standard InChI is InChI=1S/C17H15BrN4O2/c18-15-5-1-3-11(19-15)9-22-7-6-13-12(10-22)17(23)21-16(20-13)14-4-2-8-24-14/h1-5,8H,6-7,9-10H2,(H,20,21,23). The van der Waals surface area contributed by atoms with Crippen LogP contribution in [0.5, 0.6) is 0 Å². The first-order valence-electron chi connectivity index (χ1n) is 7.69. The molecule has 0 saturated heterocycles. The van der Waals surface area contributed by atoms with Gasteiger partial charge in [0, 0.05) is 26.1 Å². The Morgan fingerprint density at radius 2 is 2.17 bits per heavy atom. The maximum absolute atomic E-state index is 12.4. The van der Waals surface area contributed by atoms with Crippen molar-refractivity contribution < 1.29 is 4.42 Å². The van der Waals surface area contributed by atoms with Crippen molar-refractivity contribution >= 4 is 15.9 Å². The molecule has 0 saturated carbocycles. The molecule has 0 unspecified atom stereocenters. The van der Waals surface area contributed by atoms with Gasteiger partial charge in [-0.2, -0.15) is 0 Å². The van der Waals surface area contributed by atoms with Crippen molar-refractivity contribution in [1.82, 2.24) is 19.9 Å². The molecule has 4 rings (SSSR count). The Kier molecular flexibility index (Phi) is 4.03. The summed E-state index contributed by atoms with van der Waals surface area (Å²) in [5.74, 6) is 1.07. The van der Waals surface area contributed by atoms with E-state index in [9.17, 15) is 4.79 Å². The second kappa shape index (κ2) is 6.33. The predicted octanol–water partition coefficient (Wildman–Crippen LogP) is 2.75. The van der Waals surface area contributed by atoms with Gasteiger partial charge in [-0.05, 0) is 40.2 Å². The minimum absolute atomic E-state index is 0.0988. The van der Waals surface area contributed by atoms with Crippen LogP contribution in [0, 0.1) is 0 Å². The molecule has 4 heterocycles. The highest BCUT2D eigenvalue weighted by molar-refractivity contribution is 9.10. The van der Waals surface area contributed by atoms with Gasteiger partial charge in [0.1, 0.15) is 4.60 Å². The zero-order chi connectivity index (χ0) is 16.5. The number of nitrogens with zero attached hydrogens (tertiary/aromatic N) is 3. The van der Waals surface area contributed by atoms with Crippen LogP contribution < -0.4 is 5.56 Å². The summed E-state index contributed by atoms with van der Waals surface area (Å²) in [6.07, 6.45) is 2.31. The zero-order valence-electron chi connectivity index (χ0n) is 12.8. The first kappa shape index (κ1) is 15.3. The molecule has 6 nitrogen and oxygen atoms in total. The van der Waals surface area contributed by atoms with E-state index in [-0.39, 0.29) is 5.56 Å². The van der Waals surface area contributed by atoms with Crippen LogP contribution in [0.4, 0.5) is 0 Å². The fourth-order valence-corrected chi connectivity index (χ4v) is 3.29. The Labute approximate surface area is 146 Å². The van der Waals surface area contributed by atoms with E-state index in [0.29, 0.717) is 24.7 Å². The second-order valence-electron chi connectivity index (χ2n) is 5.73. The van der Waals surface area contributed by atoms with Crippen molar-refractivity contribution in [3.63, 3.8) is 0 Å². The Bertz CT molecular complexity index is 921. The third-order valence-corrected chi connectivity index (χ3v) is 4.50. The molecule has 0 bridgehead atoms. The minimum Gasteiger partial charge on any atom is -0.461 e. The third kappa shape index (κ3) is 3.05. The summed E-state index contributed by atoms with van der Waals surface area (Å²) in [5.41, 5.74) is 2.46. The number of furan rings is 1. The molecule has 122 valence electrons. The topological polar surface area (TPSA) is 75.0 Å². The van der Waals surface area contributed by atoms with Gasteiger partial charge in [-0.25, -0.2) is 9.97 Å². The van der Waals surface area contributed by atoms with Gasteiger partial charge >= 0.3 is 0 Å². The molecule has 0 amide bonds. The molecule has 0 atom stereocenters. The maximum atomic E-state index is 12.4. The molecular weight excluding hydrogens is 372 g/mol. The van der Waals surface area contributed by atoms with Gasteiger partial charge in [-0.1, -0.05) is 6.07 Å². The van der Waals surface area contributed by atoms with Gasteiger partial charge in [-0.15, -0.1) is 0 Å².